The summed E-state index contributed by atoms with van der Waals surface area (Å²) in [7, 11) is 1.62. The van der Waals surface area contributed by atoms with Gasteiger partial charge in [0.05, 0.1) is 39.1 Å². The van der Waals surface area contributed by atoms with Gasteiger partial charge in [-0.2, -0.15) is 0 Å². The highest BCUT2D eigenvalue weighted by molar-refractivity contribution is 4.61. The van der Waals surface area contributed by atoms with Crippen LogP contribution in [-0.2, 0) is 14.2 Å². The molecule has 1 saturated heterocycles. The van der Waals surface area contributed by atoms with Gasteiger partial charge in [0.2, 0.25) is 0 Å². The first-order chi connectivity index (χ1) is 7.83. The molecule has 1 rings (SSSR count). The lowest BCUT2D eigenvalue weighted by atomic mass is 10.4. The number of hydrogen-bond acceptors (Lipinski definition) is 6. The predicted octanol–water partition coefficient (Wildman–Crippen LogP) is -1.15. The summed E-state index contributed by atoms with van der Waals surface area (Å²) >= 11 is 0. The Kier molecular flexibility index (Phi) is 7.65. The Balaban J connectivity index is 1.94. The highest BCUT2D eigenvalue weighted by atomic mass is 16.5. The van der Waals surface area contributed by atoms with Crippen molar-refractivity contribution in [2.75, 3.05) is 59.8 Å². The van der Waals surface area contributed by atoms with Crippen LogP contribution in [0.3, 0.4) is 0 Å². The zero-order valence-corrected chi connectivity index (χ0v) is 9.85. The largest absolute Gasteiger partial charge is 0.389 e. The molecule has 96 valence electrons. The summed E-state index contributed by atoms with van der Waals surface area (Å²) in [4.78, 5) is 0. The topological polar surface area (TPSA) is 63.2 Å². The number of ether oxygens (including phenoxy) is 3. The third-order valence-electron chi connectivity index (χ3n) is 2.30. The van der Waals surface area contributed by atoms with E-state index in [0.29, 0.717) is 26.4 Å². The summed E-state index contributed by atoms with van der Waals surface area (Å²) in [6, 6.07) is 0. The van der Waals surface area contributed by atoms with Crippen molar-refractivity contribution in [3.8, 4) is 0 Å². The van der Waals surface area contributed by atoms with Crippen molar-refractivity contribution in [2.45, 2.75) is 6.10 Å². The number of nitrogens with zero attached hydrogens (tertiary/aromatic N) is 1. The predicted molar refractivity (Wildman–Crippen MR) is 59.1 cm³/mol. The van der Waals surface area contributed by atoms with Gasteiger partial charge in [-0.15, -0.1) is 0 Å². The van der Waals surface area contributed by atoms with Gasteiger partial charge in [-0.3, -0.25) is 5.43 Å². The number of aliphatic hydroxyl groups excluding tert-OH is 1. The molecule has 6 heteroatoms. The lowest BCUT2D eigenvalue weighted by molar-refractivity contribution is -0.0164. The zero-order valence-electron chi connectivity index (χ0n) is 9.85. The average molecular weight is 234 g/mol. The van der Waals surface area contributed by atoms with Crippen LogP contribution >= 0.6 is 0 Å². The summed E-state index contributed by atoms with van der Waals surface area (Å²) in [6.07, 6.45) is -0.486. The van der Waals surface area contributed by atoms with Crippen LogP contribution in [0.2, 0.25) is 0 Å². The number of hydrazine groups is 1. The number of methoxy groups -OCH3 is 1. The maximum atomic E-state index is 9.59. The first-order valence-corrected chi connectivity index (χ1v) is 5.64. The maximum Gasteiger partial charge on any atom is 0.0911 e. The van der Waals surface area contributed by atoms with Crippen LogP contribution in [0, 0.1) is 0 Å². The molecular weight excluding hydrogens is 212 g/mol. The molecule has 1 heterocycles. The second-order valence-corrected chi connectivity index (χ2v) is 3.68. The van der Waals surface area contributed by atoms with Gasteiger partial charge in [0.25, 0.3) is 0 Å². The summed E-state index contributed by atoms with van der Waals surface area (Å²) in [5, 5.41) is 11.7. The highest BCUT2D eigenvalue weighted by Gasteiger charge is 2.11. The summed E-state index contributed by atoms with van der Waals surface area (Å²) < 4.78 is 15.3. The molecule has 1 aliphatic rings. The smallest absolute Gasteiger partial charge is 0.0911 e. The van der Waals surface area contributed by atoms with Crippen LogP contribution in [0.4, 0.5) is 0 Å². The highest BCUT2D eigenvalue weighted by Crippen LogP contribution is 1.93. The van der Waals surface area contributed by atoms with Crippen molar-refractivity contribution in [2.24, 2.45) is 0 Å². The minimum atomic E-state index is -0.486. The van der Waals surface area contributed by atoms with E-state index in [2.05, 4.69) is 10.4 Å². The molecule has 0 aliphatic carbocycles. The van der Waals surface area contributed by atoms with Crippen molar-refractivity contribution in [1.29, 1.82) is 0 Å². The molecule has 0 radical (unpaired) electrons. The lowest BCUT2D eigenvalue weighted by Crippen LogP contribution is -2.48. The van der Waals surface area contributed by atoms with E-state index in [0.717, 1.165) is 26.3 Å². The molecule has 0 saturated carbocycles. The van der Waals surface area contributed by atoms with Crippen LogP contribution in [0.25, 0.3) is 0 Å². The Morgan fingerprint density at radius 3 is 2.81 bits per heavy atom. The molecule has 0 aromatic carbocycles. The zero-order chi connectivity index (χ0) is 11.6. The number of hydrogen-bond donors (Lipinski definition) is 2. The van der Waals surface area contributed by atoms with Gasteiger partial charge in [0, 0.05) is 26.7 Å². The minimum absolute atomic E-state index is 0.334. The molecule has 0 aromatic rings. The van der Waals surface area contributed by atoms with Gasteiger partial charge in [-0.05, 0) is 0 Å². The van der Waals surface area contributed by atoms with Gasteiger partial charge in [-0.1, -0.05) is 0 Å². The van der Waals surface area contributed by atoms with Gasteiger partial charge >= 0.3 is 0 Å². The molecule has 0 bridgehead atoms. The summed E-state index contributed by atoms with van der Waals surface area (Å²) in [5.74, 6) is 0. The van der Waals surface area contributed by atoms with E-state index in [4.69, 9.17) is 14.2 Å². The van der Waals surface area contributed by atoms with Crippen molar-refractivity contribution in [3.63, 3.8) is 0 Å². The molecule has 1 aliphatic heterocycles. The number of morpholine rings is 1. The second kappa shape index (κ2) is 8.86. The van der Waals surface area contributed by atoms with E-state index < -0.39 is 6.10 Å². The first kappa shape index (κ1) is 13.8. The molecule has 1 fully saturated rings. The molecule has 1 atom stereocenters. The van der Waals surface area contributed by atoms with Crippen molar-refractivity contribution < 1.29 is 19.3 Å². The van der Waals surface area contributed by atoms with Crippen LogP contribution in [0.1, 0.15) is 0 Å². The summed E-state index contributed by atoms with van der Waals surface area (Å²) in [5.41, 5.74) is 3.15. The van der Waals surface area contributed by atoms with Crippen molar-refractivity contribution in [3.05, 3.63) is 0 Å². The minimum Gasteiger partial charge on any atom is -0.389 e. The van der Waals surface area contributed by atoms with Gasteiger partial charge in [0.15, 0.2) is 0 Å². The van der Waals surface area contributed by atoms with E-state index in [1.165, 1.54) is 0 Å². The fourth-order valence-corrected chi connectivity index (χ4v) is 1.38. The van der Waals surface area contributed by atoms with Gasteiger partial charge in [0.1, 0.15) is 0 Å². The van der Waals surface area contributed by atoms with E-state index in [1.807, 2.05) is 0 Å². The number of aliphatic hydroxyl groups is 1. The number of nitrogens with one attached hydrogen (secondary N) is 1. The van der Waals surface area contributed by atoms with E-state index >= 15 is 0 Å². The molecule has 1 unspecified atom stereocenters. The van der Waals surface area contributed by atoms with E-state index in [-0.39, 0.29) is 0 Å². The molecule has 0 amide bonds. The van der Waals surface area contributed by atoms with Crippen LogP contribution in [0.15, 0.2) is 0 Å². The van der Waals surface area contributed by atoms with Gasteiger partial charge < -0.3 is 19.3 Å². The SMILES string of the molecule is COCCOCC(O)CNN1CCOCC1. The lowest BCUT2D eigenvalue weighted by Gasteiger charge is -2.28. The average Bonchev–Trinajstić information content (AvgIpc) is 2.33. The summed E-state index contributed by atoms with van der Waals surface area (Å²) in [6.45, 7) is 5.12. The van der Waals surface area contributed by atoms with E-state index in [9.17, 15) is 5.11 Å². The Bertz CT molecular complexity index is 165. The fraction of sp³-hybridized carbons (Fsp3) is 1.00. The molecule has 16 heavy (non-hydrogen) atoms. The Morgan fingerprint density at radius 2 is 2.12 bits per heavy atom. The van der Waals surface area contributed by atoms with Gasteiger partial charge in [-0.25, -0.2) is 5.01 Å². The fourth-order valence-electron chi connectivity index (χ4n) is 1.38. The van der Waals surface area contributed by atoms with Crippen LogP contribution in [-0.4, -0.2) is 76.0 Å². The Hall–Kier alpha value is -0.240. The third kappa shape index (κ3) is 6.37. The molecule has 0 spiro atoms. The molecule has 2 N–H and O–H groups in total. The Morgan fingerprint density at radius 1 is 1.38 bits per heavy atom. The Labute approximate surface area is 96.4 Å². The quantitative estimate of drug-likeness (QED) is 0.517. The molecular formula is C10H22N2O4. The van der Waals surface area contributed by atoms with Crippen LogP contribution in [0.5, 0.6) is 0 Å². The molecule has 0 aromatic heterocycles. The third-order valence-corrected chi connectivity index (χ3v) is 2.30. The van der Waals surface area contributed by atoms with Crippen molar-refractivity contribution in [1.82, 2.24) is 10.4 Å². The normalized spacial score (nSPS) is 19.9. The molecule has 6 nitrogen and oxygen atoms in total. The maximum absolute atomic E-state index is 9.59. The van der Waals surface area contributed by atoms with Crippen molar-refractivity contribution >= 4 is 0 Å². The van der Waals surface area contributed by atoms with E-state index in [1.54, 1.807) is 7.11 Å². The first-order valence-electron chi connectivity index (χ1n) is 5.64. The standard InChI is InChI=1S/C10H22N2O4/c1-14-6-7-16-9-10(13)8-11-12-2-4-15-5-3-12/h10-11,13H,2-9H2,1H3. The van der Waals surface area contributed by atoms with Crippen LogP contribution < -0.4 is 5.43 Å². The number of rotatable bonds is 8. The monoisotopic (exact) mass is 234 g/mol. The second-order valence-electron chi connectivity index (χ2n) is 3.68.